The molecule has 0 aromatic heterocycles. The van der Waals surface area contributed by atoms with Gasteiger partial charge in [-0.2, -0.15) is 0 Å². The fourth-order valence-electron chi connectivity index (χ4n) is 2.00. The molecule has 19 heavy (non-hydrogen) atoms. The smallest absolute Gasteiger partial charge is 0.321 e. The zero-order valence-electron chi connectivity index (χ0n) is 10.5. The number of hydrogen-bond donors (Lipinski definition) is 1. The van der Waals surface area contributed by atoms with E-state index in [1.807, 2.05) is 0 Å². The number of carbonyl (C=O) groups excluding carboxylic acids is 1. The van der Waals surface area contributed by atoms with Gasteiger partial charge in [0, 0.05) is 25.0 Å². The monoisotopic (exact) mass is 286 g/mol. The maximum Gasteiger partial charge on any atom is 0.321 e. The van der Waals surface area contributed by atoms with Crippen molar-refractivity contribution in [1.82, 2.24) is 4.90 Å². The summed E-state index contributed by atoms with van der Waals surface area (Å²) in [6.07, 6.45) is 1.63. The van der Waals surface area contributed by atoms with Crippen molar-refractivity contribution in [2.75, 3.05) is 24.7 Å². The van der Waals surface area contributed by atoms with Crippen LogP contribution < -0.4 is 5.32 Å². The number of urea groups is 1. The molecular formula is C12H15FN2O3S. The Hall–Kier alpha value is -1.63. The lowest BCUT2D eigenvalue weighted by Crippen LogP contribution is -2.34. The van der Waals surface area contributed by atoms with Crippen LogP contribution in [0.5, 0.6) is 0 Å². The predicted molar refractivity (Wildman–Crippen MR) is 70.2 cm³/mol. The fourth-order valence-corrected chi connectivity index (χ4v) is 2.98. The molecule has 5 nitrogen and oxygen atoms in total. The zero-order chi connectivity index (χ0) is 14.0. The van der Waals surface area contributed by atoms with Gasteiger partial charge in [0.1, 0.15) is 5.82 Å². The molecule has 0 aliphatic carbocycles. The molecule has 2 amide bonds. The van der Waals surface area contributed by atoms with Crippen LogP contribution in [0.4, 0.5) is 14.9 Å². The molecule has 1 aromatic rings. The number of nitrogens with one attached hydrogen (secondary N) is 1. The average Bonchev–Trinajstić information content (AvgIpc) is 2.81. The van der Waals surface area contributed by atoms with E-state index in [1.165, 1.54) is 35.4 Å². The van der Waals surface area contributed by atoms with Gasteiger partial charge in [-0.1, -0.05) is 0 Å². The standard InChI is InChI=1S/C12H15FN2O3S/c1-19(17,18)11-6-7-15(8-11)12(16)14-10-4-2-9(13)3-5-10/h2-5,11H,6-8H2,1H3,(H,14,16)/t11-/m1/s1. The van der Waals surface area contributed by atoms with Crippen molar-refractivity contribution in [2.24, 2.45) is 0 Å². The van der Waals surface area contributed by atoms with Crippen LogP contribution in [0.2, 0.25) is 0 Å². The van der Waals surface area contributed by atoms with Crippen LogP contribution in [0, 0.1) is 5.82 Å². The first-order valence-electron chi connectivity index (χ1n) is 5.86. The molecule has 1 fully saturated rings. The number of carbonyl (C=O) groups is 1. The molecule has 1 aliphatic heterocycles. The van der Waals surface area contributed by atoms with Crippen LogP contribution >= 0.6 is 0 Å². The van der Waals surface area contributed by atoms with Crippen molar-refractivity contribution in [1.29, 1.82) is 0 Å². The second kappa shape index (κ2) is 5.16. The number of benzene rings is 1. The first-order chi connectivity index (χ1) is 8.86. The van der Waals surface area contributed by atoms with E-state index in [0.717, 1.165) is 0 Å². The van der Waals surface area contributed by atoms with Gasteiger partial charge in [-0.25, -0.2) is 17.6 Å². The number of hydrogen-bond acceptors (Lipinski definition) is 3. The van der Waals surface area contributed by atoms with E-state index in [0.29, 0.717) is 18.7 Å². The largest absolute Gasteiger partial charge is 0.323 e. The molecule has 0 spiro atoms. The summed E-state index contributed by atoms with van der Waals surface area (Å²) >= 11 is 0. The van der Waals surface area contributed by atoms with Crippen LogP contribution in [0.3, 0.4) is 0 Å². The molecule has 0 unspecified atom stereocenters. The van der Waals surface area contributed by atoms with Crippen LogP contribution in [-0.2, 0) is 9.84 Å². The zero-order valence-corrected chi connectivity index (χ0v) is 11.3. The maximum atomic E-state index is 12.7. The molecule has 0 saturated carbocycles. The highest BCUT2D eigenvalue weighted by atomic mass is 32.2. The van der Waals surface area contributed by atoms with Gasteiger partial charge in [0.05, 0.1) is 5.25 Å². The summed E-state index contributed by atoms with van der Waals surface area (Å²) in [6, 6.07) is 5.05. The number of amides is 2. The highest BCUT2D eigenvalue weighted by Crippen LogP contribution is 2.17. The molecular weight excluding hydrogens is 271 g/mol. The van der Waals surface area contributed by atoms with Gasteiger partial charge in [0.15, 0.2) is 9.84 Å². The summed E-state index contributed by atoms with van der Waals surface area (Å²) in [6.45, 7) is 0.608. The molecule has 2 rings (SSSR count). The summed E-state index contributed by atoms with van der Waals surface area (Å²) in [4.78, 5) is 13.4. The third kappa shape index (κ3) is 3.44. The SMILES string of the molecule is CS(=O)(=O)[C@@H]1CCN(C(=O)Nc2ccc(F)cc2)C1. The Labute approximate surface area is 111 Å². The lowest BCUT2D eigenvalue weighted by Gasteiger charge is -2.17. The summed E-state index contributed by atoms with van der Waals surface area (Å²) in [7, 11) is -3.12. The Bertz CT molecular complexity index is 571. The van der Waals surface area contributed by atoms with Gasteiger partial charge < -0.3 is 10.2 Å². The molecule has 104 valence electrons. The third-order valence-corrected chi connectivity index (χ3v) is 4.73. The molecule has 0 radical (unpaired) electrons. The molecule has 1 saturated heterocycles. The Morgan fingerprint density at radius 1 is 1.37 bits per heavy atom. The summed E-state index contributed by atoms with van der Waals surface area (Å²) < 4.78 is 35.5. The second-order valence-corrected chi connectivity index (χ2v) is 6.95. The van der Waals surface area contributed by atoms with E-state index in [1.54, 1.807) is 0 Å². The number of sulfone groups is 1. The Morgan fingerprint density at radius 2 is 2.00 bits per heavy atom. The van der Waals surface area contributed by atoms with Crippen LogP contribution in [0.25, 0.3) is 0 Å². The van der Waals surface area contributed by atoms with Gasteiger partial charge in [0.2, 0.25) is 0 Å². The lowest BCUT2D eigenvalue weighted by atomic mass is 10.3. The highest BCUT2D eigenvalue weighted by Gasteiger charge is 2.32. The Balaban J connectivity index is 1.97. The number of rotatable bonds is 2. The predicted octanol–water partition coefficient (Wildman–Crippen LogP) is 1.48. The van der Waals surface area contributed by atoms with Crippen molar-refractivity contribution >= 4 is 21.6 Å². The van der Waals surface area contributed by atoms with Crippen molar-refractivity contribution in [3.05, 3.63) is 30.1 Å². The maximum absolute atomic E-state index is 12.7. The summed E-state index contributed by atoms with van der Waals surface area (Å²) in [5, 5.41) is 2.11. The summed E-state index contributed by atoms with van der Waals surface area (Å²) in [5.41, 5.74) is 0.481. The highest BCUT2D eigenvalue weighted by molar-refractivity contribution is 7.91. The molecule has 1 N–H and O–H groups in total. The first kappa shape index (κ1) is 13.8. The van der Waals surface area contributed by atoms with E-state index in [-0.39, 0.29) is 18.4 Å². The van der Waals surface area contributed by atoms with Gasteiger partial charge in [-0.05, 0) is 30.7 Å². The molecule has 1 heterocycles. The van der Waals surface area contributed by atoms with Crippen LogP contribution in [0.15, 0.2) is 24.3 Å². The van der Waals surface area contributed by atoms with E-state index in [9.17, 15) is 17.6 Å². The molecule has 1 aliphatic rings. The van der Waals surface area contributed by atoms with Crippen molar-refractivity contribution < 1.29 is 17.6 Å². The second-order valence-electron chi connectivity index (χ2n) is 4.62. The minimum atomic E-state index is -3.12. The van der Waals surface area contributed by atoms with E-state index >= 15 is 0 Å². The van der Waals surface area contributed by atoms with Gasteiger partial charge in [-0.15, -0.1) is 0 Å². The normalized spacial score (nSPS) is 19.5. The first-order valence-corrected chi connectivity index (χ1v) is 7.82. The lowest BCUT2D eigenvalue weighted by molar-refractivity contribution is 0.222. The van der Waals surface area contributed by atoms with E-state index < -0.39 is 15.1 Å². The molecule has 7 heteroatoms. The van der Waals surface area contributed by atoms with Crippen molar-refractivity contribution in [3.63, 3.8) is 0 Å². The van der Waals surface area contributed by atoms with Crippen LogP contribution in [0.1, 0.15) is 6.42 Å². The quantitative estimate of drug-likeness (QED) is 0.895. The number of halogens is 1. The topological polar surface area (TPSA) is 66.5 Å². The number of anilines is 1. The minimum absolute atomic E-state index is 0.200. The van der Waals surface area contributed by atoms with Gasteiger partial charge in [-0.3, -0.25) is 0 Å². The number of nitrogens with zero attached hydrogens (tertiary/aromatic N) is 1. The number of likely N-dealkylation sites (tertiary alicyclic amines) is 1. The van der Waals surface area contributed by atoms with Gasteiger partial charge in [0.25, 0.3) is 0 Å². The van der Waals surface area contributed by atoms with E-state index in [4.69, 9.17) is 0 Å². The van der Waals surface area contributed by atoms with Crippen molar-refractivity contribution in [3.8, 4) is 0 Å². The Morgan fingerprint density at radius 3 is 2.53 bits per heavy atom. The third-order valence-electron chi connectivity index (χ3n) is 3.13. The fraction of sp³-hybridized carbons (Fsp3) is 0.417. The molecule has 0 bridgehead atoms. The Kier molecular flexibility index (Phi) is 3.75. The molecule has 1 atom stereocenters. The summed E-state index contributed by atoms with van der Waals surface area (Å²) in [5.74, 6) is -0.378. The molecule has 1 aromatic carbocycles. The minimum Gasteiger partial charge on any atom is -0.323 e. The van der Waals surface area contributed by atoms with Crippen molar-refractivity contribution in [2.45, 2.75) is 11.7 Å². The van der Waals surface area contributed by atoms with Gasteiger partial charge >= 0.3 is 6.03 Å². The average molecular weight is 286 g/mol. The van der Waals surface area contributed by atoms with E-state index in [2.05, 4.69) is 5.32 Å². The van der Waals surface area contributed by atoms with Crippen LogP contribution in [-0.4, -0.2) is 43.9 Å².